The fourth-order valence-corrected chi connectivity index (χ4v) is 3.25. The van der Waals surface area contributed by atoms with Gasteiger partial charge in [0.05, 0.1) is 10.6 Å². The maximum Gasteiger partial charge on any atom is 0.265 e. The molecule has 0 saturated carbocycles. The number of primary amides is 1. The average molecular weight is 349 g/mol. The van der Waals surface area contributed by atoms with Crippen LogP contribution in [0.1, 0.15) is 5.56 Å². The highest BCUT2D eigenvalue weighted by Gasteiger charge is 2.27. The van der Waals surface area contributed by atoms with E-state index in [4.69, 9.17) is 22.7 Å². The number of fused-ring (bicyclic) bond motifs is 1. The minimum atomic E-state index is -0.619. The number of hydrogen-bond acceptors (Lipinski definition) is 6. The van der Waals surface area contributed by atoms with Crippen molar-refractivity contribution in [1.82, 2.24) is 5.32 Å². The predicted octanol–water partition coefficient (Wildman–Crippen LogP) is 0.386. The minimum Gasteiger partial charge on any atom is -0.482 e. The summed E-state index contributed by atoms with van der Waals surface area (Å²) in [6, 6.07) is 5.09. The zero-order valence-corrected chi connectivity index (χ0v) is 13.3. The summed E-state index contributed by atoms with van der Waals surface area (Å²) in [7, 11) is 0. The molecule has 3 rings (SSSR count). The van der Waals surface area contributed by atoms with Crippen LogP contribution >= 0.6 is 24.0 Å². The molecule has 2 heterocycles. The zero-order valence-electron chi connectivity index (χ0n) is 11.7. The molecule has 0 unspecified atom stereocenters. The van der Waals surface area contributed by atoms with E-state index in [1.807, 2.05) is 0 Å². The Balaban J connectivity index is 1.97. The van der Waals surface area contributed by atoms with Crippen LogP contribution in [0.15, 0.2) is 23.1 Å². The number of nitrogens with two attached hydrogens (primary N) is 1. The maximum absolute atomic E-state index is 11.9. The summed E-state index contributed by atoms with van der Waals surface area (Å²) in [5, 5.41) is 2.53. The Labute approximate surface area is 140 Å². The van der Waals surface area contributed by atoms with E-state index in [0.29, 0.717) is 26.2 Å². The molecule has 1 aromatic rings. The largest absolute Gasteiger partial charge is 0.482 e. The summed E-state index contributed by atoms with van der Waals surface area (Å²) in [4.78, 5) is 36.5. The Hall–Kier alpha value is -2.39. The quantitative estimate of drug-likeness (QED) is 0.604. The molecule has 0 aliphatic carbocycles. The van der Waals surface area contributed by atoms with E-state index in [9.17, 15) is 14.4 Å². The lowest BCUT2D eigenvalue weighted by Gasteiger charge is -2.28. The highest BCUT2D eigenvalue weighted by atomic mass is 32.2. The molecule has 0 atom stereocenters. The van der Waals surface area contributed by atoms with E-state index in [-0.39, 0.29) is 25.0 Å². The maximum atomic E-state index is 11.9. The molecule has 118 valence electrons. The number of rotatable bonds is 3. The number of ether oxygens (including phenoxy) is 1. The van der Waals surface area contributed by atoms with Crippen molar-refractivity contribution in [3.63, 3.8) is 0 Å². The molecule has 1 saturated heterocycles. The number of thioether (sulfide) groups is 1. The third-order valence-corrected chi connectivity index (χ3v) is 4.34. The second kappa shape index (κ2) is 6.01. The van der Waals surface area contributed by atoms with Crippen LogP contribution in [-0.2, 0) is 14.4 Å². The summed E-state index contributed by atoms with van der Waals surface area (Å²) in [6.07, 6.45) is 1.65. The minimum absolute atomic E-state index is 0.146. The second-order valence-electron chi connectivity index (χ2n) is 4.81. The lowest BCUT2D eigenvalue weighted by atomic mass is 10.1. The number of anilines is 1. The van der Waals surface area contributed by atoms with Crippen LogP contribution in [0.4, 0.5) is 5.69 Å². The highest BCUT2D eigenvalue weighted by Crippen LogP contribution is 2.34. The summed E-state index contributed by atoms with van der Waals surface area (Å²) in [5.74, 6) is -0.757. The van der Waals surface area contributed by atoms with Gasteiger partial charge in [0.25, 0.3) is 11.8 Å². The second-order valence-corrected chi connectivity index (χ2v) is 6.53. The number of thiocarbonyl (C=S) groups is 1. The molecule has 0 bridgehead atoms. The van der Waals surface area contributed by atoms with E-state index in [0.717, 1.165) is 11.8 Å². The lowest BCUT2D eigenvalue weighted by molar-refractivity contribution is -0.124. The SMILES string of the molecule is NC(=O)CN1C(=O)COc2ccc(C=C3SC(=S)NC3=O)cc21. The van der Waals surface area contributed by atoms with Gasteiger partial charge >= 0.3 is 0 Å². The van der Waals surface area contributed by atoms with Crippen LogP contribution < -0.4 is 20.7 Å². The molecule has 3 amide bonds. The molecule has 1 fully saturated rings. The van der Waals surface area contributed by atoms with Gasteiger partial charge in [-0.05, 0) is 23.8 Å². The Bertz CT molecular complexity index is 775. The van der Waals surface area contributed by atoms with Gasteiger partial charge in [0, 0.05) is 0 Å². The summed E-state index contributed by atoms with van der Waals surface area (Å²) >= 11 is 6.10. The third-order valence-electron chi connectivity index (χ3n) is 3.18. The van der Waals surface area contributed by atoms with Crippen molar-refractivity contribution in [1.29, 1.82) is 0 Å². The Morgan fingerprint density at radius 3 is 2.91 bits per heavy atom. The van der Waals surface area contributed by atoms with Gasteiger partial charge in [-0.3, -0.25) is 19.3 Å². The van der Waals surface area contributed by atoms with Crippen molar-refractivity contribution >= 4 is 57.8 Å². The Morgan fingerprint density at radius 1 is 1.48 bits per heavy atom. The van der Waals surface area contributed by atoms with Gasteiger partial charge in [-0.15, -0.1) is 0 Å². The average Bonchev–Trinajstić information content (AvgIpc) is 2.80. The third kappa shape index (κ3) is 3.20. The smallest absolute Gasteiger partial charge is 0.265 e. The number of hydrogen-bond donors (Lipinski definition) is 2. The fraction of sp³-hybridized carbons (Fsp3) is 0.143. The summed E-state index contributed by atoms with van der Waals surface area (Å²) < 4.78 is 5.74. The standard InChI is InChI=1S/C14H11N3O4S2/c15-11(18)5-17-8-3-7(1-2-9(8)21-6-12(17)19)4-10-13(20)16-14(22)23-10/h1-4H,5-6H2,(H2,15,18)(H,16,20,22). The molecule has 2 aliphatic heterocycles. The van der Waals surface area contributed by atoms with Gasteiger partial charge in [-0.25, -0.2) is 0 Å². The summed E-state index contributed by atoms with van der Waals surface area (Å²) in [6.45, 7) is -0.373. The van der Waals surface area contributed by atoms with Gasteiger partial charge in [-0.2, -0.15) is 0 Å². The van der Waals surface area contributed by atoms with E-state index < -0.39 is 5.91 Å². The molecular weight excluding hydrogens is 338 g/mol. The highest BCUT2D eigenvalue weighted by molar-refractivity contribution is 8.26. The first-order valence-electron chi connectivity index (χ1n) is 6.54. The molecular formula is C14H11N3O4S2. The summed E-state index contributed by atoms with van der Waals surface area (Å²) in [5.41, 5.74) is 6.31. The number of carbonyl (C=O) groups is 3. The molecule has 2 aliphatic rings. The molecule has 3 N–H and O–H groups in total. The van der Waals surface area contributed by atoms with Crippen molar-refractivity contribution in [2.45, 2.75) is 0 Å². The number of carbonyl (C=O) groups excluding carboxylic acids is 3. The Morgan fingerprint density at radius 2 is 2.26 bits per heavy atom. The van der Waals surface area contributed by atoms with E-state index in [2.05, 4.69) is 5.32 Å². The molecule has 9 heteroatoms. The number of benzene rings is 1. The first-order valence-corrected chi connectivity index (χ1v) is 7.77. The van der Waals surface area contributed by atoms with E-state index >= 15 is 0 Å². The van der Waals surface area contributed by atoms with Gasteiger partial charge in [0.1, 0.15) is 16.6 Å². The molecule has 0 radical (unpaired) electrons. The molecule has 0 spiro atoms. The monoisotopic (exact) mass is 349 g/mol. The molecule has 7 nitrogen and oxygen atoms in total. The van der Waals surface area contributed by atoms with Crippen LogP contribution in [0, 0.1) is 0 Å². The van der Waals surface area contributed by atoms with Crippen molar-refractivity contribution < 1.29 is 19.1 Å². The van der Waals surface area contributed by atoms with E-state index in [1.165, 1.54) is 4.90 Å². The van der Waals surface area contributed by atoms with Crippen LogP contribution in [0.3, 0.4) is 0 Å². The predicted molar refractivity (Wildman–Crippen MR) is 89.8 cm³/mol. The number of nitrogens with zero attached hydrogens (tertiary/aromatic N) is 1. The first-order chi connectivity index (χ1) is 10.9. The van der Waals surface area contributed by atoms with Crippen LogP contribution in [0.5, 0.6) is 5.75 Å². The van der Waals surface area contributed by atoms with E-state index in [1.54, 1.807) is 24.3 Å². The lowest BCUT2D eigenvalue weighted by Crippen LogP contribution is -2.43. The number of amides is 3. The van der Waals surface area contributed by atoms with Crippen molar-refractivity contribution in [3.8, 4) is 5.75 Å². The topological polar surface area (TPSA) is 102 Å². The normalized spacial score (nSPS) is 18.7. The zero-order chi connectivity index (χ0) is 16.6. The van der Waals surface area contributed by atoms with Gasteiger partial charge in [0.2, 0.25) is 5.91 Å². The Kier molecular flexibility index (Phi) is 4.05. The van der Waals surface area contributed by atoms with Crippen molar-refractivity contribution in [2.24, 2.45) is 5.73 Å². The molecule has 23 heavy (non-hydrogen) atoms. The van der Waals surface area contributed by atoms with Gasteiger partial charge in [0.15, 0.2) is 6.61 Å². The molecule has 1 aromatic carbocycles. The van der Waals surface area contributed by atoms with Gasteiger partial charge in [-0.1, -0.05) is 30.0 Å². The van der Waals surface area contributed by atoms with Gasteiger partial charge < -0.3 is 15.8 Å². The number of nitrogens with one attached hydrogen (secondary N) is 1. The van der Waals surface area contributed by atoms with Crippen LogP contribution in [-0.4, -0.2) is 35.2 Å². The molecule has 0 aromatic heterocycles. The van der Waals surface area contributed by atoms with Crippen LogP contribution in [0.2, 0.25) is 0 Å². The van der Waals surface area contributed by atoms with Crippen molar-refractivity contribution in [2.75, 3.05) is 18.1 Å². The first kappa shape index (κ1) is 15.5. The fourth-order valence-electron chi connectivity index (χ4n) is 2.21. The van der Waals surface area contributed by atoms with Crippen LogP contribution in [0.25, 0.3) is 6.08 Å². The van der Waals surface area contributed by atoms with Crippen molar-refractivity contribution in [3.05, 3.63) is 28.7 Å².